The second kappa shape index (κ2) is 6.20. The summed E-state index contributed by atoms with van der Waals surface area (Å²) >= 11 is 0.956. The fourth-order valence-corrected chi connectivity index (χ4v) is 2.31. The molecule has 0 aliphatic rings. The van der Waals surface area contributed by atoms with Crippen LogP contribution in [0.4, 0.5) is 18.3 Å². The Balaban J connectivity index is 2.89. The first kappa shape index (κ1) is 15.7. The minimum Gasteiger partial charge on any atom is -0.480 e. The van der Waals surface area contributed by atoms with E-state index in [9.17, 15) is 18.0 Å². The van der Waals surface area contributed by atoms with Gasteiger partial charge in [0.1, 0.15) is 12.6 Å². The lowest BCUT2D eigenvalue weighted by Gasteiger charge is -2.22. The van der Waals surface area contributed by atoms with E-state index in [1.54, 1.807) is 6.92 Å². The van der Waals surface area contributed by atoms with Crippen LogP contribution in [0.1, 0.15) is 25.1 Å². The Labute approximate surface area is 111 Å². The van der Waals surface area contributed by atoms with E-state index in [-0.39, 0.29) is 17.4 Å². The van der Waals surface area contributed by atoms with Gasteiger partial charge >= 0.3 is 12.1 Å². The van der Waals surface area contributed by atoms with Crippen LogP contribution in [-0.4, -0.2) is 35.3 Å². The number of carboxylic acids is 1. The molecule has 0 radical (unpaired) electrons. The maximum atomic E-state index is 12.4. The van der Waals surface area contributed by atoms with Crippen LogP contribution in [0.15, 0.2) is 5.38 Å². The van der Waals surface area contributed by atoms with Crippen molar-refractivity contribution in [2.24, 2.45) is 5.73 Å². The van der Waals surface area contributed by atoms with Gasteiger partial charge in [-0.15, -0.1) is 11.3 Å². The molecular weight excluding hydrogens is 283 g/mol. The molecule has 0 amide bonds. The van der Waals surface area contributed by atoms with Crippen LogP contribution in [0.25, 0.3) is 0 Å². The molecule has 0 fully saturated rings. The highest BCUT2D eigenvalue weighted by molar-refractivity contribution is 7.13. The summed E-state index contributed by atoms with van der Waals surface area (Å²) in [5.41, 5.74) is 5.42. The first-order valence-corrected chi connectivity index (χ1v) is 6.38. The maximum Gasteiger partial charge on any atom is 0.406 e. The van der Waals surface area contributed by atoms with Crippen LogP contribution in [0.5, 0.6) is 0 Å². The molecule has 0 spiro atoms. The molecule has 1 aromatic rings. The van der Waals surface area contributed by atoms with Gasteiger partial charge in [-0.05, 0) is 6.42 Å². The number of carbonyl (C=O) groups is 1. The summed E-state index contributed by atoms with van der Waals surface area (Å²) in [6.45, 7) is 0.825. The molecular formula is C10H14F3N3O2S. The lowest BCUT2D eigenvalue weighted by molar-refractivity contribution is -0.138. The molecule has 0 saturated heterocycles. The Morgan fingerprint density at radius 3 is 2.74 bits per heavy atom. The lowest BCUT2D eigenvalue weighted by Crippen LogP contribution is -2.34. The molecule has 5 nitrogen and oxygen atoms in total. The van der Waals surface area contributed by atoms with Crippen LogP contribution in [0, 0.1) is 0 Å². The molecule has 1 aromatic heterocycles. The summed E-state index contributed by atoms with van der Waals surface area (Å²) in [6.07, 6.45) is -3.81. The molecule has 9 heteroatoms. The zero-order chi connectivity index (χ0) is 14.6. The van der Waals surface area contributed by atoms with Crippen molar-refractivity contribution < 1.29 is 23.1 Å². The predicted octanol–water partition coefficient (Wildman–Crippen LogP) is 2.01. The van der Waals surface area contributed by atoms with Crippen molar-refractivity contribution in [1.82, 2.24) is 4.98 Å². The number of nitrogens with zero attached hydrogens (tertiary/aromatic N) is 2. The summed E-state index contributed by atoms with van der Waals surface area (Å²) in [6, 6.07) is -1.32. The highest BCUT2D eigenvalue weighted by atomic mass is 32.1. The zero-order valence-corrected chi connectivity index (χ0v) is 11.0. The molecule has 0 aromatic carbocycles. The summed E-state index contributed by atoms with van der Waals surface area (Å²) in [7, 11) is 0. The van der Waals surface area contributed by atoms with Crippen LogP contribution in [0.2, 0.25) is 0 Å². The number of anilines is 1. The lowest BCUT2D eigenvalue weighted by atomic mass is 10.2. The van der Waals surface area contributed by atoms with E-state index in [1.807, 2.05) is 0 Å². The fraction of sp³-hybridized carbons (Fsp3) is 0.600. The summed E-state index contributed by atoms with van der Waals surface area (Å²) in [4.78, 5) is 15.6. The van der Waals surface area contributed by atoms with Crippen LogP contribution >= 0.6 is 11.3 Å². The Morgan fingerprint density at radius 1 is 1.63 bits per heavy atom. The number of hydrogen-bond acceptors (Lipinski definition) is 5. The number of hydrogen-bond donors (Lipinski definition) is 2. The predicted molar refractivity (Wildman–Crippen MR) is 65.2 cm³/mol. The van der Waals surface area contributed by atoms with Gasteiger partial charge in [0.25, 0.3) is 0 Å². The van der Waals surface area contributed by atoms with Crippen molar-refractivity contribution in [3.05, 3.63) is 11.1 Å². The average Bonchev–Trinajstić information content (AvgIpc) is 2.74. The minimum atomic E-state index is -4.34. The van der Waals surface area contributed by atoms with Crippen molar-refractivity contribution in [1.29, 1.82) is 0 Å². The molecule has 3 N–H and O–H groups in total. The van der Waals surface area contributed by atoms with Gasteiger partial charge in [0.15, 0.2) is 5.13 Å². The van der Waals surface area contributed by atoms with Crippen molar-refractivity contribution in [2.45, 2.75) is 25.6 Å². The highest BCUT2D eigenvalue weighted by Gasteiger charge is 2.32. The van der Waals surface area contributed by atoms with Gasteiger partial charge in [-0.25, -0.2) is 4.98 Å². The Kier molecular flexibility index (Phi) is 5.12. The standard InChI is InChI=1S/C10H14F3N3O2S/c1-2-3-16(5-10(11,12)13)9-15-6(4-19-9)7(14)8(17)18/h4,7H,2-3,5,14H2,1H3,(H,17,18). The van der Waals surface area contributed by atoms with Gasteiger partial charge in [0.05, 0.1) is 5.69 Å². The Morgan fingerprint density at radius 2 is 2.26 bits per heavy atom. The van der Waals surface area contributed by atoms with Gasteiger partial charge in [0.2, 0.25) is 0 Å². The largest absolute Gasteiger partial charge is 0.480 e. The molecule has 0 aliphatic carbocycles. The van der Waals surface area contributed by atoms with Crippen molar-refractivity contribution in [2.75, 3.05) is 18.0 Å². The third-order valence-electron chi connectivity index (χ3n) is 2.23. The van der Waals surface area contributed by atoms with Crippen LogP contribution in [0.3, 0.4) is 0 Å². The molecule has 0 aliphatic heterocycles. The molecule has 1 rings (SSSR count). The SMILES string of the molecule is CCCN(CC(F)(F)F)c1nc(C(N)C(=O)O)cs1. The van der Waals surface area contributed by atoms with Gasteiger partial charge in [0, 0.05) is 11.9 Å². The summed E-state index contributed by atoms with van der Waals surface area (Å²) in [5.74, 6) is -1.27. The number of carboxylic acid groups (broad SMARTS) is 1. The quantitative estimate of drug-likeness (QED) is 0.839. The van der Waals surface area contributed by atoms with Crippen molar-refractivity contribution in [3.63, 3.8) is 0 Å². The maximum absolute atomic E-state index is 12.4. The van der Waals surface area contributed by atoms with Gasteiger partial charge in [-0.3, -0.25) is 4.79 Å². The van der Waals surface area contributed by atoms with E-state index in [0.717, 1.165) is 16.2 Å². The molecule has 19 heavy (non-hydrogen) atoms. The van der Waals surface area contributed by atoms with E-state index in [1.165, 1.54) is 5.38 Å². The van der Waals surface area contributed by atoms with E-state index >= 15 is 0 Å². The van der Waals surface area contributed by atoms with E-state index < -0.39 is 24.7 Å². The van der Waals surface area contributed by atoms with Crippen LogP contribution in [-0.2, 0) is 4.79 Å². The molecule has 0 saturated carbocycles. The number of nitrogens with two attached hydrogens (primary N) is 1. The van der Waals surface area contributed by atoms with E-state index in [4.69, 9.17) is 10.8 Å². The van der Waals surface area contributed by atoms with E-state index in [2.05, 4.69) is 4.98 Å². The number of aliphatic carboxylic acids is 1. The molecule has 1 unspecified atom stereocenters. The number of aromatic nitrogens is 1. The summed E-state index contributed by atoms with van der Waals surface area (Å²) < 4.78 is 37.3. The third kappa shape index (κ3) is 4.67. The first-order chi connectivity index (χ1) is 8.74. The average molecular weight is 297 g/mol. The first-order valence-electron chi connectivity index (χ1n) is 5.50. The highest BCUT2D eigenvalue weighted by Crippen LogP contribution is 2.27. The van der Waals surface area contributed by atoms with Crippen LogP contribution < -0.4 is 10.6 Å². The second-order valence-corrected chi connectivity index (χ2v) is 4.74. The van der Waals surface area contributed by atoms with E-state index in [0.29, 0.717) is 6.42 Å². The Hall–Kier alpha value is -1.35. The second-order valence-electron chi connectivity index (χ2n) is 3.91. The smallest absolute Gasteiger partial charge is 0.406 e. The topological polar surface area (TPSA) is 79.5 Å². The number of alkyl halides is 3. The van der Waals surface area contributed by atoms with Gasteiger partial charge in [-0.2, -0.15) is 13.2 Å². The number of thiazole rings is 1. The zero-order valence-electron chi connectivity index (χ0n) is 10.1. The fourth-order valence-electron chi connectivity index (χ4n) is 1.42. The van der Waals surface area contributed by atoms with Gasteiger partial charge in [-0.1, -0.05) is 6.92 Å². The van der Waals surface area contributed by atoms with Gasteiger partial charge < -0.3 is 15.7 Å². The number of rotatable bonds is 6. The van der Waals surface area contributed by atoms with Crippen molar-refractivity contribution >= 4 is 22.4 Å². The summed E-state index contributed by atoms with van der Waals surface area (Å²) in [5, 5.41) is 10.2. The molecule has 1 atom stereocenters. The molecule has 108 valence electrons. The minimum absolute atomic E-state index is 0.0655. The monoisotopic (exact) mass is 297 g/mol. The molecule has 0 bridgehead atoms. The van der Waals surface area contributed by atoms with Crippen molar-refractivity contribution in [3.8, 4) is 0 Å². The number of halogens is 3. The normalized spacial score (nSPS) is 13.3. The third-order valence-corrected chi connectivity index (χ3v) is 3.15. The molecule has 1 heterocycles. The Bertz CT molecular complexity index is 436.